The highest BCUT2D eigenvalue weighted by Gasteiger charge is 2.25. The highest BCUT2D eigenvalue weighted by molar-refractivity contribution is 9.10. The summed E-state index contributed by atoms with van der Waals surface area (Å²) in [7, 11) is -4.71. The van der Waals surface area contributed by atoms with Crippen LogP contribution in [0.3, 0.4) is 0 Å². The molecule has 14 heavy (non-hydrogen) atoms. The van der Waals surface area contributed by atoms with Crippen LogP contribution in [0.1, 0.15) is 5.56 Å². The SMILES string of the molecule is O=S(=O)(F)c1cc(Br)cc2c1OCC2. The van der Waals surface area contributed by atoms with Crippen molar-refractivity contribution >= 4 is 26.2 Å². The Morgan fingerprint density at radius 1 is 1.43 bits per heavy atom. The van der Waals surface area contributed by atoms with E-state index in [1.807, 2.05) is 0 Å². The molecule has 0 saturated heterocycles. The lowest BCUT2D eigenvalue weighted by Gasteiger charge is -2.04. The summed E-state index contributed by atoms with van der Waals surface area (Å²) in [5.74, 6) is 0.149. The van der Waals surface area contributed by atoms with Crippen molar-refractivity contribution in [3.63, 3.8) is 0 Å². The minimum absolute atomic E-state index is 0.149. The van der Waals surface area contributed by atoms with E-state index in [-0.39, 0.29) is 10.6 Å². The van der Waals surface area contributed by atoms with Crippen LogP contribution in [0.4, 0.5) is 3.89 Å². The Balaban J connectivity index is 2.72. The first kappa shape index (κ1) is 9.92. The average molecular weight is 281 g/mol. The molecule has 0 unspecified atom stereocenters. The van der Waals surface area contributed by atoms with Gasteiger partial charge in [0.15, 0.2) is 0 Å². The molecule has 76 valence electrons. The Morgan fingerprint density at radius 2 is 2.14 bits per heavy atom. The normalized spacial score (nSPS) is 15.0. The topological polar surface area (TPSA) is 43.4 Å². The van der Waals surface area contributed by atoms with Crippen molar-refractivity contribution in [2.24, 2.45) is 0 Å². The van der Waals surface area contributed by atoms with Crippen molar-refractivity contribution in [1.82, 2.24) is 0 Å². The van der Waals surface area contributed by atoms with Gasteiger partial charge in [-0.25, -0.2) is 0 Å². The lowest BCUT2D eigenvalue weighted by atomic mass is 10.2. The van der Waals surface area contributed by atoms with Crippen LogP contribution in [0.25, 0.3) is 0 Å². The summed E-state index contributed by atoms with van der Waals surface area (Å²) in [6, 6.07) is 2.94. The minimum Gasteiger partial charge on any atom is -0.491 e. The van der Waals surface area contributed by atoms with Gasteiger partial charge in [0.2, 0.25) is 0 Å². The largest absolute Gasteiger partial charge is 0.491 e. The Labute approximate surface area is 89.2 Å². The summed E-state index contributed by atoms with van der Waals surface area (Å²) in [5, 5.41) is 0. The van der Waals surface area contributed by atoms with Gasteiger partial charge in [0, 0.05) is 16.5 Å². The maximum Gasteiger partial charge on any atom is 0.335 e. The maximum absolute atomic E-state index is 12.8. The molecule has 1 aliphatic rings. The summed E-state index contributed by atoms with van der Waals surface area (Å²) in [6.07, 6.45) is 0.608. The van der Waals surface area contributed by atoms with Gasteiger partial charge in [0.05, 0.1) is 6.61 Å². The molecule has 0 radical (unpaired) electrons. The van der Waals surface area contributed by atoms with Gasteiger partial charge in [-0.2, -0.15) is 8.42 Å². The molecule has 0 fully saturated rings. The lowest BCUT2D eigenvalue weighted by Crippen LogP contribution is -1.96. The van der Waals surface area contributed by atoms with Gasteiger partial charge in [0.1, 0.15) is 10.6 Å². The second kappa shape index (κ2) is 3.20. The van der Waals surface area contributed by atoms with Crippen LogP contribution in [-0.4, -0.2) is 15.0 Å². The fraction of sp³-hybridized carbons (Fsp3) is 0.250. The smallest absolute Gasteiger partial charge is 0.335 e. The standard InChI is InChI=1S/C8H6BrFO3S/c9-6-3-5-1-2-13-8(5)7(4-6)14(10,11)12/h3-4H,1-2H2. The molecule has 0 aliphatic carbocycles. The van der Waals surface area contributed by atoms with Crippen LogP contribution in [0.5, 0.6) is 5.75 Å². The molecule has 1 aromatic carbocycles. The lowest BCUT2D eigenvalue weighted by molar-refractivity contribution is 0.348. The molecular weight excluding hydrogens is 275 g/mol. The Morgan fingerprint density at radius 3 is 2.79 bits per heavy atom. The number of hydrogen-bond acceptors (Lipinski definition) is 3. The van der Waals surface area contributed by atoms with Crippen molar-refractivity contribution < 1.29 is 17.0 Å². The zero-order chi connectivity index (χ0) is 10.3. The second-order valence-electron chi connectivity index (χ2n) is 2.93. The third kappa shape index (κ3) is 1.64. The van der Waals surface area contributed by atoms with Gasteiger partial charge in [-0.1, -0.05) is 15.9 Å². The van der Waals surface area contributed by atoms with Crippen molar-refractivity contribution in [2.75, 3.05) is 6.61 Å². The third-order valence-electron chi connectivity index (χ3n) is 1.98. The average Bonchev–Trinajstić information content (AvgIpc) is 2.47. The van der Waals surface area contributed by atoms with Crippen molar-refractivity contribution in [3.05, 3.63) is 22.2 Å². The van der Waals surface area contributed by atoms with E-state index in [0.29, 0.717) is 17.5 Å². The number of hydrogen-bond donors (Lipinski definition) is 0. The molecule has 3 nitrogen and oxygen atoms in total. The molecule has 0 saturated carbocycles. The predicted molar refractivity (Wildman–Crippen MR) is 51.6 cm³/mol. The zero-order valence-electron chi connectivity index (χ0n) is 6.96. The summed E-state index contributed by atoms with van der Waals surface area (Å²) in [6.45, 7) is 0.397. The van der Waals surface area contributed by atoms with E-state index in [1.165, 1.54) is 6.07 Å². The summed E-state index contributed by atoms with van der Waals surface area (Å²) >= 11 is 3.12. The summed E-state index contributed by atoms with van der Waals surface area (Å²) < 4.78 is 40.0. The molecule has 1 aliphatic heterocycles. The molecule has 0 atom stereocenters. The Kier molecular flexibility index (Phi) is 2.27. The molecule has 0 bridgehead atoms. The fourth-order valence-corrected chi connectivity index (χ4v) is 2.75. The molecule has 0 amide bonds. The van der Waals surface area contributed by atoms with Gasteiger partial charge in [-0.3, -0.25) is 0 Å². The number of rotatable bonds is 1. The quantitative estimate of drug-likeness (QED) is 0.740. The summed E-state index contributed by atoms with van der Waals surface area (Å²) in [5.41, 5.74) is 0.718. The Bertz CT molecular complexity index is 484. The van der Waals surface area contributed by atoms with Crippen LogP contribution in [0, 0.1) is 0 Å². The van der Waals surface area contributed by atoms with E-state index in [4.69, 9.17) is 4.74 Å². The monoisotopic (exact) mass is 280 g/mol. The first-order valence-corrected chi connectivity index (χ1v) is 6.06. The predicted octanol–water partition coefficient (Wildman–Crippen LogP) is 2.04. The summed E-state index contributed by atoms with van der Waals surface area (Å²) in [4.78, 5) is -0.389. The van der Waals surface area contributed by atoms with E-state index in [1.54, 1.807) is 6.07 Å². The molecule has 0 spiro atoms. The first-order valence-electron chi connectivity index (χ1n) is 3.88. The van der Waals surface area contributed by atoms with Crippen LogP contribution < -0.4 is 4.74 Å². The van der Waals surface area contributed by atoms with E-state index in [9.17, 15) is 12.3 Å². The number of halogens is 2. The van der Waals surface area contributed by atoms with Crippen LogP contribution in [0.15, 0.2) is 21.5 Å². The van der Waals surface area contributed by atoms with Crippen LogP contribution >= 0.6 is 15.9 Å². The van der Waals surface area contributed by atoms with Gasteiger partial charge in [0.25, 0.3) is 0 Å². The molecule has 1 aromatic rings. The van der Waals surface area contributed by atoms with Crippen molar-refractivity contribution in [2.45, 2.75) is 11.3 Å². The highest BCUT2D eigenvalue weighted by atomic mass is 79.9. The molecule has 6 heteroatoms. The van der Waals surface area contributed by atoms with Gasteiger partial charge in [-0.15, -0.1) is 3.89 Å². The van der Waals surface area contributed by atoms with Gasteiger partial charge >= 0.3 is 10.2 Å². The molecule has 2 rings (SSSR count). The van der Waals surface area contributed by atoms with Crippen molar-refractivity contribution in [1.29, 1.82) is 0 Å². The minimum atomic E-state index is -4.71. The van der Waals surface area contributed by atoms with Crippen LogP contribution in [0.2, 0.25) is 0 Å². The number of fused-ring (bicyclic) bond motifs is 1. The number of benzene rings is 1. The fourth-order valence-electron chi connectivity index (χ4n) is 1.42. The molecule has 1 heterocycles. The maximum atomic E-state index is 12.8. The van der Waals surface area contributed by atoms with E-state index in [2.05, 4.69) is 15.9 Å². The molecule has 0 N–H and O–H groups in total. The van der Waals surface area contributed by atoms with E-state index in [0.717, 1.165) is 5.56 Å². The van der Waals surface area contributed by atoms with E-state index < -0.39 is 10.2 Å². The van der Waals surface area contributed by atoms with Gasteiger partial charge in [-0.05, 0) is 12.1 Å². The molecule has 0 aromatic heterocycles. The first-order chi connectivity index (χ1) is 6.48. The molecular formula is C8H6BrFO3S. The highest BCUT2D eigenvalue weighted by Crippen LogP contribution is 2.36. The van der Waals surface area contributed by atoms with E-state index >= 15 is 0 Å². The zero-order valence-corrected chi connectivity index (χ0v) is 9.36. The number of ether oxygens (including phenoxy) is 1. The van der Waals surface area contributed by atoms with Crippen molar-refractivity contribution in [3.8, 4) is 5.75 Å². The Hall–Kier alpha value is -0.620. The second-order valence-corrected chi connectivity index (χ2v) is 5.16. The third-order valence-corrected chi connectivity index (χ3v) is 3.26. The van der Waals surface area contributed by atoms with Crippen LogP contribution in [-0.2, 0) is 16.6 Å². The van der Waals surface area contributed by atoms with Gasteiger partial charge < -0.3 is 4.74 Å².